The van der Waals surface area contributed by atoms with Crippen molar-refractivity contribution in [3.05, 3.63) is 23.3 Å². The Bertz CT molecular complexity index is 375. The van der Waals surface area contributed by atoms with Crippen LogP contribution in [-0.4, -0.2) is 17.5 Å². The highest BCUT2D eigenvalue weighted by molar-refractivity contribution is 6.23. The molecule has 0 aromatic heterocycles. The lowest BCUT2D eigenvalue weighted by molar-refractivity contribution is -0.137. The SMILES string of the molecule is CCOC(=O)C=C(C)C=C(C)CC(C)CCCC(C)(C)Cl. The molecular weight excluding hydrogens is 284 g/mol. The molecule has 0 aliphatic heterocycles. The van der Waals surface area contributed by atoms with Crippen LogP contribution in [0, 0.1) is 5.92 Å². The molecule has 1 unspecified atom stereocenters. The van der Waals surface area contributed by atoms with Crippen molar-refractivity contribution < 1.29 is 9.53 Å². The Kier molecular flexibility index (Phi) is 9.68. The standard InChI is InChI=1S/C18H31ClO2/c1-7-21-17(20)13-16(4)12-15(3)11-14(2)9-8-10-18(5,6)19/h12-14H,7-11H2,1-6H3. The lowest BCUT2D eigenvalue weighted by Crippen LogP contribution is -2.10. The van der Waals surface area contributed by atoms with E-state index in [9.17, 15) is 4.79 Å². The number of allylic oxidation sites excluding steroid dienone is 3. The van der Waals surface area contributed by atoms with Crippen LogP contribution in [0.15, 0.2) is 23.3 Å². The van der Waals surface area contributed by atoms with Gasteiger partial charge in [0.05, 0.1) is 6.61 Å². The lowest BCUT2D eigenvalue weighted by Gasteiger charge is -2.17. The second-order valence-corrected chi connectivity index (χ2v) is 7.57. The van der Waals surface area contributed by atoms with Gasteiger partial charge in [-0.05, 0) is 59.0 Å². The average molecular weight is 315 g/mol. The van der Waals surface area contributed by atoms with Crippen LogP contribution < -0.4 is 0 Å². The highest BCUT2D eigenvalue weighted by Crippen LogP contribution is 2.24. The molecule has 0 saturated carbocycles. The van der Waals surface area contributed by atoms with E-state index in [1.165, 1.54) is 12.0 Å². The van der Waals surface area contributed by atoms with Crippen molar-refractivity contribution in [2.45, 2.75) is 72.1 Å². The van der Waals surface area contributed by atoms with E-state index in [-0.39, 0.29) is 10.8 Å². The normalized spacial score (nSPS) is 15.0. The summed E-state index contributed by atoms with van der Waals surface area (Å²) in [6.07, 6.45) is 8.05. The van der Waals surface area contributed by atoms with Gasteiger partial charge in [-0.15, -0.1) is 11.6 Å². The van der Waals surface area contributed by atoms with Crippen molar-refractivity contribution in [2.24, 2.45) is 5.92 Å². The number of hydrogen-bond donors (Lipinski definition) is 0. The molecule has 0 aliphatic rings. The van der Waals surface area contributed by atoms with Gasteiger partial charge in [-0.25, -0.2) is 4.79 Å². The molecule has 0 aliphatic carbocycles. The summed E-state index contributed by atoms with van der Waals surface area (Å²) in [5.74, 6) is 0.368. The van der Waals surface area contributed by atoms with Gasteiger partial charge in [-0.2, -0.15) is 0 Å². The number of alkyl halides is 1. The van der Waals surface area contributed by atoms with E-state index in [4.69, 9.17) is 16.3 Å². The topological polar surface area (TPSA) is 26.3 Å². The van der Waals surface area contributed by atoms with Gasteiger partial charge in [0, 0.05) is 11.0 Å². The average Bonchev–Trinajstić information content (AvgIpc) is 2.25. The van der Waals surface area contributed by atoms with Gasteiger partial charge in [0.15, 0.2) is 0 Å². The number of ether oxygens (including phenoxy) is 1. The fourth-order valence-corrected chi connectivity index (χ4v) is 2.52. The third-order valence-electron chi connectivity index (χ3n) is 3.24. The van der Waals surface area contributed by atoms with E-state index < -0.39 is 0 Å². The van der Waals surface area contributed by atoms with Gasteiger partial charge in [-0.1, -0.05) is 31.4 Å². The van der Waals surface area contributed by atoms with Gasteiger partial charge < -0.3 is 4.74 Å². The van der Waals surface area contributed by atoms with Crippen molar-refractivity contribution in [3.63, 3.8) is 0 Å². The number of carbonyl (C=O) groups excluding carboxylic acids is 1. The molecule has 0 saturated heterocycles. The predicted octanol–water partition coefficient (Wildman–Crippen LogP) is 5.66. The minimum atomic E-state index is -0.267. The van der Waals surface area contributed by atoms with E-state index in [1.54, 1.807) is 6.08 Å². The van der Waals surface area contributed by atoms with Crippen molar-refractivity contribution in [2.75, 3.05) is 6.61 Å². The van der Waals surface area contributed by atoms with Gasteiger partial charge in [0.2, 0.25) is 0 Å². The van der Waals surface area contributed by atoms with Crippen LogP contribution in [-0.2, 0) is 9.53 Å². The maximum absolute atomic E-state index is 11.4. The van der Waals surface area contributed by atoms with E-state index in [0.29, 0.717) is 12.5 Å². The summed E-state index contributed by atoms with van der Waals surface area (Å²) in [6.45, 7) is 12.7. The Morgan fingerprint density at radius 1 is 1.29 bits per heavy atom. The fourth-order valence-electron chi connectivity index (χ4n) is 2.38. The highest BCUT2D eigenvalue weighted by atomic mass is 35.5. The van der Waals surface area contributed by atoms with Crippen molar-refractivity contribution in [1.82, 2.24) is 0 Å². The molecule has 0 amide bonds. The molecule has 122 valence electrons. The Morgan fingerprint density at radius 2 is 1.90 bits per heavy atom. The second kappa shape index (κ2) is 10.0. The third-order valence-corrected chi connectivity index (χ3v) is 3.43. The zero-order valence-electron chi connectivity index (χ0n) is 14.5. The van der Waals surface area contributed by atoms with Crippen molar-refractivity contribution >= 4 is 17.6 Å². The summed E-state index contributed by atoms with van der Waals surface area (Å²) in [4.78, 5) is 11.3. The molecular formula is C18H31ClO2. The number of rotatable bonds is 9. The molecule has 0 aromatic carbocycles. The van der Waals surface area contributed by atoms with Crippen LogP contribution in [0.25, 0.3) is 0 Å². The molecule has 0 spiro atoms. The number of esters is 1. The van der Waals surface area contributed by atoms with Crippen molar-refractivity contribution in [3.8, 4) is 0 Å². The lowest BCUT2D eigenvalue weighted by atomic mass is 9.93. The van der Waals surface area contributed by atoms with Crippen LogP contribution in [0.1, 0.15) is 67.2 Å². The third kappa shape index (κ3) is 12.7. The minimum absolute atomic E-state index is 0.0937. The molecule has 2 nitrogen and oxygen atoms in total. The maximum Gasteiger partial charge on any atom is 0.330 e. The summed E-state index contributed by atoms with van der Waals surface area (Å²) in [6, 6.07) is 0. The Balaban J connectivity index is 4.24. The Labute approximate surface area is 135 Å². The molecule has 0 bridgehead atoms. The number of carbonyl (C=O) groups is 1. The molecule has 1 atom stereocenters. The minimum Gasteiger partial charge on any atom is -0.463 e. The Morgan fingerprint density at radius 3 is 2.43 bits per heavy atom. The first kappa shape index (κ1) is 20.2. The van der Waals surface area contributed by atoms with Crippen LogP contribution in [0.2, 0.25) is 0 Å². The monoisotopic (exact) mass is 314 g/mol. The molecule has 0 fully saturated rings. The zero-order valence-corrected chi connectivity index (χ0v) is 15.2. The van der Waals surface area contributed by atoms with Crippen molar-refractivity contribution in [1.29, 1.82) is 0 Å². The van der Waals surface area contributed by atoms with E-state index in [0.717, 1.165) is 24.8 Å². The summed E-state index contributed by atoms with van der Waals surface area (Å²) in [7, 11) is 0. The van der Waals surface area contributed by atoms with Gasteiger partial charge in [0.1, 0.15) is 0 Å². The first-order chi connectivity index (χ1) is 9.64. The van der Waals surface area contributed by atoms with E-state index in [2.05, 4.69) is 33.8 Å². The number of halogens is 1. The van der Waals surface area contributed by atoms with Gasteiger partial charge in [-0.3, -0.25) is 0 Å². The summed E-state index contributed by atoms with van der Waals surface area (Å²) in [5.41, 5.74) is 2.24. The van der Waals surface area contributed by atoms with Gasteiger partial charge >= 0.3 is 5.97 Å². The summed E-state index contributed by atoms with van der Waals surface area (Å²) in [5, 5.41) is 0. The molecule has 3 heteroatoms. The van der Waals surface area contributed by atoms with Crippen LogP contribution in [0.4, 0.5) is 0 Å². The largest absolute Gasteiger partial charge is 0.463 e. The number of hydrogen-bond acceptors (Lipinski definition) is 2. The van der Waals surface area contributed by atoms with Crippen LogP contribution in [0.3, 0.4) is 0 Å². The molecule has 0 heterocycles. The summed E-state index contributed by atoms with van der Waals surface area (Å²) >= 11 is 6.20. The van der Waals surface area contributed by atoms with Gasteiger partial charge in [0.25, 0.3) is 0 Å². The van der Waals surface area contributed by atoms with E-state index in [1.807, 2.05) is 13.8 Å². The highest BCUT2D eigenvalue weighted by Gasteiger charge is 2.13. The predicted molar refractivity (Wildman–Crippen MR) is 91.7 cm³/mol. The molecule has 0 aromatic rings. The first-order valence-electron chi connectivity index (χ1n) is 7.85. The smallest absolute Gasteiger partial charge is 0.330 e. The Hall–Kier alpha value is -0.760. The van der Waals surface area contributed by atoms with Crippen LogP contribution in [0.5, 0.6) is 0 Å². The fraction of sp³-hybridized carbons (Fsp3) is 0.722. The van der Waals surface area contributed by atoms with Crippen LogP contribution >= 0.6 is 11.6 Å². The second-order valence-electron chi connectivity index (χ2n) is 6.55. The summed E-state index contributed by atoms with van der Waals surface area (Å²) < 4.78 is 4.90. The molecule has 0 N–H and O–H groups in total. The van der Waals surface area contributed by atoms with E-state index >= 15 is 0 Å². The first-order valence-corrected chi connectivity index (χ1v) is 8.23. The molecule has 0 rings (SSSR count). The maximum atomic E-state index is 11.4. The zero-order chi connectivity index (χ0) is 16.5. The molecule has 21 heavy (non-hydrogen) atoms. The molecule has 0 radical (unpaired) electrons. The quantitative estimate of drug-likeness (QED) is 0.238.